The van der Waals surface area contributed by atoms with Gasteiger partial charge in [0.25, 0.3) is 0 Å². The molecule has 0 radical (unpaired) electrons. The van der Waals surface area contributed by atoms with Gasteiger partial charge in [-0.1, -0.05) is 6.92 Å². The number of H-pyrrole nitrogens is 1. The molecule has 1 fully saturated rings. The highest BCUT2D eigenvalue weighted by atomic mass is 16.5. The molecular formula is C11H18N4O3. The second kappa shape index (κ2) is 4.93. The molecule has 1 aromatic heterocycles. The van der Waals surface area contributed by atoms with Crippen LogP contribution < -0.4 is 10.1 Å². The van der Waals surface area contributed by atoms with Gasteiger partial charge in [0.05, 0.1) is 25.2 Å². The molecule has 18 heavy (non-hydrogen) atoms. The Bertz CT molecular complexity index is 434. The summed E-state index contributed by atoms with van der Waals surface area (Å²) in [6.07, 6.45) is -0.0140. The minimum Gasteiger partial charge on any atom is -0.466 e. The highest BCUT2D eigenvalue weighted by Gasteiger charge is 2.41. The van der Waals surface area contributed by atoms with Crippen molar-refractivity contribution in [2.45, 2.75) is 33.0 Å². The van der Waals surface area contributed by atoms with Crippen LogP contribution in [-0.2, 0) is 9.53 Å². The molecule has 4 unspecified atom stereocenters. The van der Waals surface area contributed by atoms with Crippen LogP contribution in [0.3, 0.4) is 0 Å². The van der Waals surface area contributed by atoms with E-state index in [1.54, 1.807) is 0 Å². The summed E-state index contributed by atoms with van der Waals surface area (Å²) in [4.78, 5) is 16.1. The van der Waals surface area contributed by atoms with Crippen molar-refractivity contribution in [1.29, 1.82) is 0 Å². The smallest absolute Gasteiger partial charge is 0.336 e. The minimum atomic E-state index is -0.184. The number of hydrogen-bond acceptors (Lipinski definition) is 5. The van der Waals surface area contributed by atoms with Crippen LogP contribution in [-0.4, -0.2) is 40.4 Å². The maximum absolute atomic E-state index is 12.2. The molecule has 2 rings (SSSR count). The number of carbonyl (C=O) groups excluding carboxylic acids is 1. The van der Waals surface area contributed by atoms with Gasteiger partial charge in [-0.05, 0) is 19.8 Å². The predicted molar refractivity (Wildman–Crippen MR) is 64.2 cm³/mol. The van der Waals surface area contributed by atoms with Gasteiger partial charge in [-0.2, -0.15) is 4.98 Å². The number of nitrogens with zero attached hydrogens (tertiary/aromatic N) is 2. The molecule has 0 saturated carbocycles. The van der Waals surface area contributed by atoms with E-state index in [4.69, 9.17) is 9.47 Å². The van der Waals surface area contributed by atoms with Crippen molar-refractivity contribution in [3.63, 3.8) is 0 Å². The molecule has 1 amide bonds. The number of aromatic amines is 1. The summed E-state index contributed by atoms with van der Waals surface area (Å²) in [6.45, 7) is 5.90. The van der Waals surface area contributed by atoms with Gasteiger partial charge in [-0.25, -0.2) is 5.10 Å². The number of amides is 1. The van der Waals surface area contributed by atoms with Gasteiger partial charge in [0.1, 0.15) is 0 Å². The Labute approximate surface area is 105 Å². The van der Waals surface area contributed by atoms with Gasteiger partial charge in [0.2, 0.25) is 11.9 Å². The Balaban J connectivity index is 2.03. The van der Waals surface area contributed by atoms with Crippen LogP contribution in [0.1, 0.15) is 20.8 Å². The van der Waals surface area contributed by atoms with Crippen LogP contribution in [0.25, 0.3) is 0 Å². The standard InChI is InChI=1S/C11H18N4O3/c1-5-6(2)18-7(3)8(5)9(16)12-10-13-11(17-4)15-14-10/h5-8H,1-4H3,(H2,12,13,14,15,16). The summed E-state index contributed by atoms with van der Waals surface area (Å²) in [6, 6.07) is 0.197. The van der Waals surface area contributed by atoms with Gasteiger partial charge in [-0.15, -0.1) is 5.10 Å². The maximum Gasteiger partial charge on any atom is 0.336 e. The van der Waals surface area contributed by atoms with Crippen molar-refractivity contribution in [2.24, 2.45) is 11.8 Å². The van der Waals surface area contributed by atoms with E-state index in [9.17, 15) is 4.79 Å². The summed E-state index contributed by atoms with van der Waals surface area (Å²) in [5, 5.41) is 9.05. The van der Waals surface area contributed by atoms with E-state index < -0.39 is 0 Å². The van der Waals surface area contributed by atoms with E-state index in [0.29, 0.717) is 0 Å². The van der Waals surface area contributed by atoms with Gasteiger partial charge in [-0.3, -0.25) is 10.1 Å². The molecule has 0 bridgehead atoms. The zero-order valence-corrected chi connectivity index (χ0v) is 10.9. The van der Waals surface area contributed by atoms with Crippen molar-refractivity contribution >= 4 is 11.9 Å². The Morgan fingerprint density at radius 3 is 2.61 bits per heavy atom. The number of hydrogen-bond donors (Lipinski definition) is 2. The number of methoxy groups -OCH3 is 1. The first-order valence-corrected chi connectivity index (χ1v) is 5.95. The summed E-state index contributed by atoms with van der Waals surface area (Å²) >= 11 is 0. The first-order chi connectivity index (χ1) is 8.52. The van der Waals surface area contributed by atoms with Crippen LogP contribution in [0.5, 0.6) is 6.01 Å². The van der Waals surface area contributed by atoms with E-state index in [1.165, 1.54) is 7.11 Å². The molecular weight excluding hydrogens is 236 g/mol. The summed E-state index contributed by atoms with van der Waals surface area (Å²) in [5.41, 5.74) is 0. The molecule has 100 valence electrons. The van der Waals surface area contributed by atoms with Crippen LogP contribution in [0.4, 0.5) is 5.95 Å². The second-order valence-corrected chi connectivity index (χ2v) is 4.59. The van der Waals surface area contributed by atoms with Crippen molar-refractivity contribution in [1.82, 2.24) is 15.2 Å². The quantitative estimate of drug-likeness (QED) is 0.833. The van der Waals surface area contributed by atoms with Crippen molar-refractivity contribution in [2.75, 3.05) is 12.4 Å². The monoisotopic (exact) mass is 254 g/mol. The third-order valence-corrected chi connectivity index (χ3v) is 3.43. The molecule has 4 atom stereocenters. The number of rotatable bonds is 3. The Morgan fingerprint density at radius 1 is 1.39 bits per heavy atom. The second-order valence-electron chi connectivity index (χ2n) is 4.59. The van der Waals surface area contributed by atoms with Crippen molar-refractivity contribution < 1.29 is 14.3 Å². The van der Waals surface area contributed by atoms with E-state index in [2.05, 4.69) is 20.5 Å². The normalized spacial score (nSPS) is 31.3. The molecule has 1 aliphatic heterocycles. The molecule has 1 aromatic rings. The molecule has 1 aliphatic rings. The predicted octanol–water partition coefficient (Wildman–Crippen LogP) is 0.811. The number of aromatic nitrogens is 3. The van der Waals surface area contributed by atoms with Gasteiger partial charge < -0.3 is 9.47 Å². The Hall–Kier alpha value is -1.63. The van der Waals surface area contributed by atoms with Crippen LogP contribution in [0, 0.1) is 11.8 Å². The fourth-order valence-electron chi connectivity index (χ4n) is 2.31. The summed E-state index contributed by atoms with van der Waals surface area (Å²) < 4.78 is 10.5. The SMILES string of the molecule is COc1n[nH]c(NC(=O)C2C(C)OC(C)C2C)n1. The Kier molecular flexibility index (Phi) is 3.51. The first-order valence-electron chi connectivity index (χ1n) is 5.95. The van der Waals surface area contributed by atoms with Crippen molar-refractivity contribution in [3.8, 4) is 6.01 Å². The van der Waals surface area contributed by atoms with Crippen LogP contribution in [0.2, 0.25) is 0 Å². The van der Waals surface area contributed by atoms with Gasteiger partial charge in [0.15, 0.2) is 0 Å². The van der Waals surface area contributed by atoms with Crippen LogP contribution >= 0.6 is 0 Å². The summed E-state index contributed by atoms with van der Waals surface area (Å²) in [7, 11) is 1.46. The lowest BCUT2D eigenvalue weighted by atomic mass is 9.89. The molecule has 7 nitrogen and oxygen atoms in total. The third kappa shape index (κ3) is 2.31. The Morgan fingerprint density at radius 2 is 2.11 bits per heavy atom. The average Bonchev–Trinajstić information content (AvgIpc) is 2.85. The number of nitrogens with one attached hydrogen (secondary N) is 2. The summed E-state index contributed by atoms with van der Waals surface area (Å²) in [5.74, 6) is 0.162. The van der Waals surface area contributed by atoms with Gasteiger partial charge >= 0.3 is 6.01 Å². The first kappa shape index (κ1) is 12.8. The van der Waals surface area contributed by atoms with Crippen LogP contribution in [0.15, 0.2) is 0 Å². The fourth-order valence-corrected chi connectivity index (χ4v) is 2.31. The average molecular weight is 254 g/mol. The largest absolute Gasteiger partial charge is 0.466 e. The third-order valence-electron chi connectivity index (χ3n) is 3.43. The van der Waals surface area contributed by atoms with E-state index in [-0.39, 0.29) is 41.9 Å². The molecule has 0 aromatic carbocycles. The molecule has 1 saturated heterocycles. The maximum atomic E-state index is 12.2. The highest BCUT2D eigenvalue weighted by Crippen LogP contribution is 2.32. The number of ether oxygens (including phenoxy) is 2. The number of carbonyl (C=O) groups is 1. The van der Waals surface area contributed by atoms with E-state index in [0.717, 1.165) is 0 Å². The molecule has 7 heteroatoms. The zero-order chi connectivity index (χ0) is 13.3. The molecule has 2 heterocycles. The van der Waals surface area contributed by atoms with Gasteiger partial charge in [0, 0.05) is 0 Å². The van der Waals surface area contributed by atoms with E-state index >= 15 is 0 Å². The zero-order valence-electron chi connectivity index (χ0n) is 10.9. The number of anilines is 1. The lowest BCUT2D eigenvalue weighted by Gasteiger charge is -2.16. The highest BCUT2D eigenvalue weighted by molar-refractivity contribution is 5.91. The van der Waals surface area contributed by atoms with Crippen molar-refractivity contribution in [3.05, 3.63) is 0 Å². The molecule has 2 N–H and O–H groups in total. The lowest BCUT2D eigenvalue weighted by Crippen LogP contribution is -2.32. The molecule has 0 aliphatic carbocycles. The lowest BCUT2D eigenvalue weighted by molar-refractivity contribution is -0.122. The minimum absolute atomic E-state index is 0.0833. The van der Waals surface area contributed by atoms with E-state index in [1.807, 2.05) is 20.8 Å². The molecule has 0 spiro atoms. The fraction of sp³-hybridized carbons (Fsp3) is 0.727. The topological polar surface area (TPSA) is 89.1 Å².